The van der Waals surface area contributed by atoms with E-state index in [1.807, 2.05) is 32.0 Å². The Kier molecular flexibility index (Phi) is 3.22. The number of fused-ring (bicyclic) bond motifs is 1. The standard InChI is InChI=1S/C15H19N3O2/c1-8(2)13(16)14(19)17-10-5-6-12-11(7-10)18-15(20-12)9-3-4-9/h5-9,13H,3-4,16H2,1-2H3,(H,17,19)/t13-/m1/s1. The predicted molar refractivity (Wildman–Crippen MR) is 77.4 cm³/mol. The van der Waals surface area contributed by atoms with Crippen molar-refractivity contribution in [1.82, 2.24) is 4.98 Å². The van der Waals surface area contributed by atoms with Gasteiger partial charge in [-0.05, 0) is 37.0 Å². The molecule has 0 aliphatic heterocycles. The van der Waals surface area contributed by atoms with E-state index >= 15 is 0 Å². The van der Waals surface area contributed by atoms with Gasteiger partial charge in [0.2, 0.25) is 5.91 Å². The van der Waals surface area contributed by atoms with Gasteiger partial charge in [0.25, 0.3) is 0 Å². The zero-order chi connectivity index (χ0) is 14.3. The van der Waals surface area contributed by atoms with E-state index in [-0.39, 0.29) is 11.8 Å². The van der Waals surface area contributed by atoms with Crippen molar-refractivity contribution >= 4 is 22.7 Å². The third-order valence-corrected chi connectivity index (χ3v) is 3.62. The molecule has 2 aromatic rings. The number of oxazole rings is 1. The number of carbonyl (C=O) groups is 1. The summed E-state index contributed by atoms with van der Waals surface area (Å²) >= 11 is 0. The summed E-state index contributed by atoms with van der Waals surface area (Å²) in [5.41, 5.74) is 8.07. The molecule has 1 aliphatic carbocycles. The molecule has 0 unspecified atom stereocenters. The zero-order valence-corrected chi connectivity index (χ0v) is 11.7. The summed E-state index contributed by atoms with van der Waals surface area (Å²) < 4.78 is 5.69. The minimum Gasteiger partial charge on any atom is -0.440 e. The van der Waals surface area contributed by atoms with Crippen LogP contribution in [0, 0.1) is 5.92 Å². The molecule has 0 radical (unpaired) electrons. The Balaban J connectivity index is 1.80. The second kappa shape index (κ2) is 4.90. The lowest BCUT2D eigenvalue weighted by Crippen LogP contribution is -2.39. The molecule has 5 nitrogen and oxygen atoms in total. The van der Waals surface area contributed by atoms with E-state index in [1.54, 1.807) is 0 Å². The van der Waals surface area contributed by atoms with Crippen molar-refractivity contribution in [3.8, 4) is 0 Å². The summed E-state index contributed by atoms with van der Waals surface area (Å²) in [5.74, 6) is 1.22. The molecule has 1 aromatic heterocycles. The molecular formula is C15H19N3O2. The fraction of sp³-hybridized carbons (Fsp3) is 0.467. The van der Waals surface area contributed by atoms with Gasteiger partial charge >= 0.3 is 0 Å². The Hall–Kier alpha value is -1.88. The van der Waals surface area contributed by atoms with Crippen molar-refractivity contribution in [2.24, 2.45) is 11.7 Å². The number of nitrogens with one attached hydrogen (secondary N) is 1. The molecule has 1 saturated carbocycles. The van der Waals surface area contributed by atoms with Gasteiger partial charge in [0.1, 0.15) is 5.52 Å². The highest BCUT2D eigenvalue weighted by atomic mass is 16.3. The number of nitrogens with two attached hydrogens (primary N) is 1. The monoisotopic (exact) mass is 273 g/mol. The van der Waals surface area contributed by atoms with Gasteiger partial charge in [0.15, 0.2) is 11.5 Å². The van der Waals surface area contributed by atoms with Crippen LogP contribution in [0.2, 0.25) is 0 Å². The number of anilines is 1. The van der Waals surface area contributed by atoms with Crippen LogP contribution < -0.4 is 11.1 Å². The highest BCUT2D eigenvalue weighted by molar-refractivity contribution is 5.96. The van der Waals surface area contributed by atoms with Crippen LogP contribution in [0.25, 0.3) is 11.1 Å². The summed E-state index contributed by atoms with van der Waals surface area (Å²) in [6.45, 7) is 3.85. The van der Waals surface area contributed by atoms with E-state index < -0.39 is 6.04 Å². The molecule has 1 aromatic carbocycles. The maximum atomic E-state index is 11.9. The van der Waals surface area contributed by atoms with E-state index in [9.17, 15) is 4.79 Å². The Morgan fingerprint density at radius 3 is 2.85 bits per heavy atom. The molecule has 106 valence electrons. The van der Waals surface area contributed by atoms with Gasteiger partial charge in [0.05, 0.1) is 6.04 Å². The number of amides is 1. The largest absolute Gasteiger partial charge is 0.440 e. The number of nitrogens with zero attached hydrogens (tertiary/aromatic N) is 1. The summed E-state index contributed by atoms with van der Waals surface area (Å²) in [7, 11) is 0. The fourth-order valence-electron chi connectivity index (χ4n) is 2.06. The molecule has 20 heavy (non-hydrogen) atoms. The molecule has 1 aliphatic rings. The molecule has 0 spiro atoms. The minimum atomic E-state index is -0.509. The van der Waals surface area contributed by atoms with E-state index in [1.165, 1.54) is 0 Å². The minimum absolute atomic E-state index is 0.104. The molecule has 3 N–H and O–H groups in total. The van der Waals surface area contributed by atoms with Gasteiger partial charge in [-0.25, -0.2) is 4.98 Å². The molecule has 1 atom stereocenters. The van der Waals surface area contributed by atoms with E-state index in [2.05, 4.69) is 10.3 Å². The van der Waals surface area contributed by atoms with Crippen molar-refractivity contribution < 1.29 is 9.21 Å². The Morgan fingerprint density at radius 1 is 1.45 bits per heavy atom. The van der Waals surface area contributed by atoms with Gasteiger partial charge in [-0.1, -0.05) is 13.8 Å². The number of hydrogen-bond donors (Lipinski definition) is 2. The van der Waals surface area contributed by atoms with Gasteiger partial charge < -0.3 is 15.5 Å². The summed E-state index contributed by atoms with van der Waals surface area (Å²) in [6.07, 6.45) is 2.30. The summed E-state index contributed by atoms with van der Waals surface area (Å²) in [6, 6.07) is 4.97. The molecule has 0 bridgehead atoms. The molecule has 0 saturated heterocycles. The van der Waals surface area contributed by atoms with Crippen LogP contribution in [-0.2, 0) is 4.79 Å². The molecule has 1 fully saturated rings. The number of hydrogen-bond acceptors (Lipinski definition) is 4. The van der Waals surface area contributed by atoms with Gasteiger partial charge in [-0.2, -0.15) is 0 Å². The average Bonchev–Trinajstić information content (AvgIpc) is 3.17. The first-order valence-electron chi connectivity index (χ1n) is 7.01. The van der Waals surface area contributed by atoms with Gasteiger partial charge in [-0.15, -0.1) is 0 Å². The lowest BCUT2D eigenvalue weighted by Gasteiger charge is -2.15. The highest BCUT2D eigenvalue weighted by Crippen LogP contribution is 2.40. The van der Waals surface area contributed by atoms with E-state index in [0.717, 1.165) is 29.8 Å². The first-order valence-corrected chi connectivity index (χ1v) is 7.01. The Bertz CT molecular complexity index is 644. The third kappa shape index (κ3) is 2.54. The van der Waals surface area contributed by atoms with Crippen LogP contribution in [-0.4, -0.2) is 16.9 Å². The van der Waals surface area contributed by atoms with Crippen LogP contribution in [0.4, 0.5) is 5.69 Å². The number of carbonyl (C=O) groups excluding carboxylic acids is 1. The molecule has 3 rings (SSSR count). The third-order valence-electron chi connectivity index (χ3n) is 3.62. The Labute approximate surface area is 117 Å². The number of rotatable bonds is 4. The topological polar surface area (TPSA) is 81.2 Å². The fourth-order valence-corrected chi connectivity index (χ4v) is 2.06. The lowest BCUT2D eigenvalue weighted by atomic mass is 10.0. The lowest BCUT2D eigenvalue weighted by molar-refractivity contribution is -0.118. The Morgan fingerprint density at radius 2 is 2.20 bits per heavy atom. The number of benzene rings is 1. The van der Waals surface area contributed by atoms with Crippen molar-refractivity contribution in [3.05, 3.63) is 24.1 Å². The van der Waals surface area contributed by atoms with Crippen LogP contribution >= 0.6 is 0 Å². The first kappa shape index (κ1) is 13.1. The summed E-state index contributed by atoms with van der Waals surface area (Å²) in [4.78, 5) is 16.4. The van der Waals surface area contributed by atoms with Crippen LogP contribution in [0.5, 0.6) is 0 Å². The maximum absolute atomic E-state index is 11.9. The van der Waals surface area contributed by atoms with Gasteiger partial charge in [0, 0.05) is 11.6 Å². The second-order valence-electron chi connectivity index (χ2n) is 5.77. The maximum Gasteiger partial charge on any atom is 0.241 e. The number of aromatic nitrogens is 1. The predicted octanol–water partition coefficient (Wildman–Crippen LogP) is 2.63. The molecule has 1 amide bonds. The normalized spacial score (nSPS) is 16.6. The van der Waals surface area contributed by atoms with Gasteiger partial charge in [-0.3, -0.25) is 4.79 Å². The zero-order valence-electron chi connectivity index (χ0n) is 11.7. The van der Waals surface area contributed by atoms with Crippen molar-refractivity contribution in [3.63, 3.8) is 0 Å². The average molecular weight is 273 g/mol. The first-order chi connectivity index (χ1) is 9.54. The highest BCUT2D eigenvalue weighted by Gasteiger charge is 2.29. The SMILES string of the molecule is CC(C)[C@@H](N)C(=O)Nc1ccc2oc(C3CC3)nc2c1. The van der Waals surface area contributed by atoms with Crippen molar-refractivity contribution in [2.45, 2.75) is 38.6 Å². The van der Waals surface area contributed by atoms with Crippen LogP contribution in [0.3, 0.4) is 0 Å². The molecule has 5 heteroatoms. The van der Waals surface area contributed by atoms with E-state index in [4.69, 9.17) is 10.2 Å². The smallest absolute Gasteiger partial charge is 0.241 e. The van der Waals surface area contributed by atoms with Crippen molar-refractivity contribution in [2.75, 3.05) is 5.32 Å². The second-order valence-corrected chi connectivity index (χ2v) is 5.77. The summed E-state index contributed by atoms with van der Waals surface area (Å²) in [5, 5.41) is 2.82. The van der Waals surface area contributed by atoms with Crippen LogP contribution in [0.1, 0.15) is 38.5 Å². The molecular weight excluding hydrogens is 254 g/mol. The molecule has 1 heterocycles. The van der Waals surface area contributed by atoms with Crippen molar-refractivity contribution in [1.29, 1.82) is 0 Å². The van der Waals surface area contributed by atoms with Crippen LogP contribution in [0.15, 0.2) is 22.6 Å². The van der Waals surface area contributed by atoms with E-state index in [0.29, 0.717) is 11.6 Å². The quantitative estimate of drug-likeness (QED) is 0.897.